The van der Waals surface area contributed by atoms with Crippen molar-refractivity contribution in [1.82, 2.24) is 10.2 Å². The largest absolute Gasteiger partial charge is 0.496 e. The van der Waals surface area contributed by atoms with Gasteiger partial charge >= 0.3 is 0 Å². The Labute approximate surface area is 141 Å². The van der Waals surface area contributed by atoms with E-state index in [1.54, 1.807) is 12.1 Å². The average Bonchev–Trinajstić information content (AvgIpc) is 2.57. The first-order valence-corrected chi connectivity index (χ1v) is 8.60. The molecule has 1 saturated heterocycles. The van der Waals surface area contributed by atoms with E-state index in [-0.39, 0.29) is 17.8 Å². The van der Waals surface area contributed by atoms with Crippen LogP contribution in [-0.4, -0.2) is 42.9 Å². The summed E-state index contributed by atoms with van der Waals surface area (Å²) in [7, 11) is 1.53. The molecule has 6 heteroatoms. The van der Waals surface area contributed by atoms with E-state index in [0.717, 1.165) is 32.2 Å². The lowest BCUT2D eigenvalue weighted by molar-refractivity contribution is -0.127. The molecule has 23 heavy (non-hydrogen) atoms. The third-order valence-electron chi connectivity index (χ3n) is 4.18. The van der Waals surface area contributed by atoms with E-state index >= 15 is 0 Å². The number of amides is 1. The highest BCUT2D eigenvalue weighted by Gasteiger charge is 2.29. The van der Waals surface area contributed by atoms with E-state index < -0.39 is 0 Å². The number of hydrogen-bond donors (Lipinski definition) is 1. The fourth-order valence-corrected chi connectivity index (χ4v) is 3.09. The number of benzene rings is 1. The van der Waals surface area contributed by atoms with Crippen molar-refractivity contribution >= 4 is 17.5 Å². The summed E-state index contributed by atoms with van der Waals surface area (Å²) in [6.07, 6.45) is 3.57. The van der Waals surface area contributed by atoms with E-state index in [0.29, 0.717) is 30.3 Å². The fourth-order valence-electron chi connectivity index (χ4n) is 2.96. The van der Waals surface area contributed by atoms with Crippen molar-refractivity contribution in [2.75, 3.05) is 26.1 Å². The van der Waals surface area contributed by atoms with Crippen molar-refractivity contribution in [2.45, 2.75) is 38.3 Å². The number of methoxy groups -OCH3 is 1. The van der Waals surface area contributed by atoms with Crippen LogP contribution in [-0.2, 0) is 11.3 Å². The number of nitrogens with zero attached hydrogens (tertiary/aromatic N) is 1. The van der Waals surface area contributed by atoms with Crippen LogP contribution in [0.15, 0.2) is 18.2 Å². The normalized spacial score (nSPS) is 18.7. The number of alkyl halides is 1. The molecule has 1 aliphatic rings. The second-order valence-electron chi connectivity index (χ2n) is 5.74. The molecule has 1 amide bonds. The van der Waals surface area contributed by atoms with Crippen molar-refractivity contribution < 1.29 is 13.9 Å². The number of carbonyl (C=O) groups is 1. The predicted molar refractivity (Wildman–Crippen MR) is 89.3 cm³/mol. The molecular formula is C17H24ClFN2O2. The first-order valence-electron chi connectivity index (χ1n) is 8.06. The second-order valence-corrected chi connectivity index (χ2v) is 6.11. The Hall–Kier alpha value is -1.33. The molecule has 1 heterocycles. The third-order valence-corrected chi connectivity index (χ3v) is 4.45. The number of piperidine rings is 1. The van der Waals surface area contributed by atoms with Gasteiger partial charge in [-0.3, -0.25) is 9.69 Å². The molecule has 0 saturated carbocycles. The summed E-state index contributed by atoms with van der Waals surface area (Å²) in [5.74, 6) is 0.763. The lowest BCUT2D eigenvalue weighted by Crippen LogP contribution is -2.49. The molecule has 0 aromatic heterocycles. The van der Waals surface area contributed by atoms with E-state index in [9.17, 15) is 9.18 Å². The number of hydrogen-bond acceptors (Lipinski definition) is 3. The Balaban J connectivity index is 2.08. The van der Waals surface area contributed by atoms with E-state index in [4.69, 9.17) is 16.3 Å². The monoisotopic (exact) mass is 342 g/mol. The molecule has 1 unspecified atom stereocenters. The maximum absolute atomic E-state index is 14.1. The highest BCUT2D eigenvalue weighted by molar-refractivity contribution is 6.17. The van der Waals surface area contributed by atoms with Gasteiger partial charge in [0.25, 0.3) is 0 Å². The molecule has 2 rings (SSSR count). The first kappa shape index (κ1) is 18.0. The number of nitrogens with one attached hydrogen (secondary N) is 1. The number of ether oxygens (including phenoxy) is 1. The summed E-state index contributed by atoms with van der Waals surface area (Å²) in [6.45, 7) is 1.74. The maximum atomic E-state index is 14.1. The van der Waals surface area contributed by atoms with Gasteiger partial charge in [0.2, 0.25) is 5.91 Å². The van der Waals surface area contributed by atoms with Crippen LogP contribution in [0.1, 0.15) is 31.2 Å². The Morgan fingerprint density at radius 1 is 1.48 bits per heavy atom. The van der Waals surface area contributed by atoms with Gasteiger partial charge in [0.15, 0.2) is 0 Å². The van der Waals surface area contributed by atoms with Crippen LogP contribution in [0.5, 0.6) is 5.75 Å². The zero-order chi connectivity index (χ0) is 16.7. The van der Waals surface area contributed by atoms with Crippen LogP contribution < -0.4 is 10.1 Å². The third kappa shape index (κ3) is 4.82. The minimum atomic E-state index is -0.295. The molecule has 1 N–H and O–H groups in total. The summed E-state index contributed by atoms with van der Waals surface area (Å²) in [4.78, 5) is 14.4. The molecule has 0 spiro atoms. The van der Waals surface area contributed by atoms with Crippen LogP contribution in [0, 0.1) is 5.82 Å². The minimum Gasteiger partial charge on any atom is -0.496 e. The van der Waals surface area contributed by atoms with Gasteiger partial charge in [-0.05, 0) is 37.9 Å². The van der Waals surface area contributed by atoms with Crippen molar-refractivity contribution in [2.24, 2.45) is 0 Å². The quantitative estimate of drug-likeness (QED) is 0.612. The number of rotatable bonds is 7. The molecular weight excluding hydrogens is 319 g/mol. The van der Waals surface area contributed by atoms with Crippen LogP contribution in [0.25, 0.3) is 0 Å². The molecule has 0 radical (unpaired) electrons. The van der Waals surface area contributed by atoms with Crippen molar-refractivity contribution in [3.05, 3.63) is 29.6 Å². The molecule has 0 aliphatic carbocycles. The molecule has 1 fully saturated rings. The summed E-state index contributed by atoms with van der Waals surface area (Å²) < 4.78 is 19.4. The van der Waals surface area contributed by atoms with Crippen LogP contribution in [0.2, 0.25) is 0 Å². The maximum Gasteiger partial charge on any atom is 0.237 e. The first-order chi connectivity index (χ1) is 11.2. The fraction of sp³-hybridized carbons (Fsp3) is 0.588. The van der Waals surface area contributed by atoms with Gasteiger partial charge in [0, 0.05) is 24.5 Å². The van der Waals surface area contributed by atoms with Gasteiger partial charge in [0.1, 0.15) is 11.6 Å². The molecule has 1 aliphatic heterocycles. The lowest BCUT2D eigenvalue weighted by atomic mass is 10.00. The zero-order valence-corrected chi connectivity index (χ0v) is 14.2. The van der Waals surface area contributed by atoms with Crippen molar-refractivity contribution in [3.63, 3.8) is 0 Å². The van der Waals surface area contributed by atoms with Gasteiger partial charge in [0.05, 0.1) is 13.2 Å². The summed E-state index contributed by atoms with van der Waals surface area (Å²) in [5, 5.41) is 2.92. The summed E-state index contributed by atoms with van der Waals surface area (Å²) in [5.41, 5.74) is 0.510. The molecule has 1 aromatic rings. The van der Waals surface area contributed by atoms with Gasteiger partial charge in [-0.25, -0.2) is 4.39 Å². The summed E-state index contributed by atoms with van der Waals surface area (Å²) in [6, 6.07) is 4.59. The van der Waals surface area contributed by atoms with Crippen molar-refractivity contribution in [3.8, 4) is 5.75 Å². The van der Waals surface area contributed by atoms with E-state index in [2.05, 4.69) is 5.32 Å². The number of carbonyl (C=O) groups excluding carboxylic acids is 1. The Kier molecular flexibility index (Phi) is 7.12. The molecule has 1 aromatic carbocycles. The molecule has 0 bridgehead atoms. The van der Waals surface area contributed by atoms with E-state index in [1.807, 2.05) is 4.90 Å². The second kappa shape index (κ2) is 9.08. The van der Waals surface area contributed by atoms with E-state index in [1.165, 1.54) is 13.2 Å². The van der Waals surface area contributed by atoms with Gasteiger partial charge in [-0.1, -0.05) is 12.5 Å². The number of likely N-dealkylation sites (tertiary alicyclic amines) is 1. The van der Waals surface area contributed by atoms with Crippen molar-refractivity contribution in [1.29, 1.82) is 0 Å². The Bertz CT molecular complexity index is 527. The molecule has 4 nitrogen and oxygen atoms in total. The highest BCUT2D eigenvalue weighted by atomic mass is 35.5. The average molecular weight is 343 g/mol. The predicted octanol–water partition coefficient (Wildman–Crippen LogP) is 2.93. The standard InChI is InChI=1S/C17H24ClFN2O2/c1-23-16-8-4-6-14(19)13(16)12-21-11-3-2-7-15(21)17(22)20-10-5-9-18/h4,6,8,15H,2-3,5,7,9-12H2,1H3,(H,20,22). The smallest absolute Gasteiger partial charge is 0.237 e. The van der Waals surface area contributed by atoms with Crippen LogP contribution in [0.4, 0.5) is 4.39 Å². The lowest BCUT2D eigenvalue weighted by Gasteiger charge is -2.35. The summed E-state index contributed by atoms with van der Waals surface area (Å²) >= 11 is 5.64. The Morgan fingerprint density at radius 2 is 2.30 bits per heavy atom. The molecule has 1 atom stereocenters. The highest BCUT2D eigenvalue weighted by Crippen LogP contribution is 2.26. The zero-order valence-electron chi connectivity index (χ0n) is 13.5. The van der Waals surface area contributed by atoms with Gasteiger partial charge < -0.3 is 10.1 Å². The SMILES string of the molecule is COc1cccc(F)c1CN1CCCCC1C(=O)NCCCCl. The molecule has 128 valence electrons. The van der Waals surface area contributed by atoms with Gasteiger partial charge in [-0.2, -0.15) is 0 Å². The van der Waals surface area contributed by atoms with Crippen LogP contribution in [0.3, 0.4) is 0 Å². The number of halogens is 2. The van der Waals surface area contributed by atoms with Crippen LogP contribution >= 0.6 is 11.6 Å². The van der Waals surface area contributed by atoms with Gasteiger partial charge in [-0.15, -0.1) is 11.6 Å². The minimum absolute atomic E-state index is 0.00474. The Morgan fingerprint density at radius 3 is 3.04 bits per heavy atom. The topological polar surface area (TPSA) is 41.6 Å².